The zero-order valence-corrected chi connectivity index (χ0v) is 11.7. The number of aryl methyl sites for hydroxylation is 1. The van der Waals surface area contributed by atoms with Gasteiger partial charge in [-0.1, -0.05) is 5.16 Å². The molecule has 16 heavy (non-hydrogen) atoms. The van der Waals surface area contributed by atoms with Crippen LogP contribution in [0.25, 0.3) is 0 Å². The molecule has 90 valence electrons. The number of aliphatic imine (C=N–C) groups is 1. The molecule has 0 amide bonds. The van der Waals surface area contributed by atoms with E-state index in [1.54, 1.807) is 14.0 Å². The molecular weight excluding hydrogens is 321 g/mol. The van der Waals surface area contributed by atoms with Gasteiger partial charge in [0.1, 0.15) is 0 Å². The van der Waals surface area contributed by atoms with Gasteiger partial charge in [0, 0.05) is 20.0 Å². The van der Waals surface area contributed by atoms with Gasteiger partial charge in [0.2, 0.25) is 5.89 Å². The Bertz CT molecular complexity index is 361. The molecule has 6 nitrogen and oxygen atoms in total. The quantitative estimate of drug-likeness (QED) is 0.485. The highest BCUT2D eigenvalue weighted by Gasteiger charge is 2.22. The zero-order valence-electron chi connectivity index (χ0n) is 9.36. The Kier molecular flexibility index (Phi) is 4.97. The van der Waals surface area contributed by atoms with Crippen molar-refractivity contribution in [3.8, 4) is 0 Å². The van der Waals surface area contributed by atoms with Crippen LogP contribution in [0.15, 0.2) is 9.52 Å². The van der Waals surface area contributed by atoms with E-state index < -0.39 is 0 Å². The molecule has 0 atom stereocenters. The Balaban J connectivity index is 0.00000128. The first-order valence-corrected chi connectivity index (χ1v) is 5.04. The molecule has 1 aromatic rings. The highest BCUT2D eigenvalue weighted by atomic mass is 127. The average molecular weight is 337 g/mol. The normalized spacial score (nSPS) is 15.5. The number of nitrogens with one attached hydrogen (secondary N) is 2. The van der Waals surface area contributed by atoms with E-state index in [0.717, 1.165) is 5.96 Å². The summed E-state index contributed by atoms with van der Waals surface area (Å²) in [4.78, 5) is 8.19. The second kappa shape index (κ2) is 6.02. The summed E-state index contributed by atoms with van der Waals surface area (Å²) in [5.74, 6) is 2.02. The number of nitrogens with zero attached hydrogens (tertiary/aromatic N) is 3. The van der Waals surface area contributed by atoms with Crippen molar-refractivity contribution in [2.75, 3.05) is 7.05 Å². The third-order valence-electron chi connectivity index (χ3n) is 2.13. The molecular formula is C9H16IN5O. The van der Waals surface area contributed by atoms with Crippen molar-refractivity contribution in [2.24, 2.45) is 4.99 Å². The summed E-state index contributed by atoms with van der Waals surface area (Å²) < 4.78 is 4.86. The van der Waals surface area contributed by atoms with Crippen molar-refractivity contribution in [2.45, 2.75) is 32.4 Å². The number of aromatic nitrogens is 2. The van der Waals surface area contributed by atoms with E-state index in [4.69, 9.17) is 4.52 Å². The lowest BCUT2D eigenvalue weighted by Crippen LogP contribution is -2.38. The van der Waals surface area contributed by atoms with Crippen molar-refractivity contribution in [3.05, 3.63) is 11.7 Å². The van der Waals surface area contributed by atoms with E-state index >= 15 is 0 Å². The summed E-state index contributed by atoms with van der Waals surface area (Å²) in [5.41, 5.74) is 0. The Labute approximate surface area is 111 Å². The van der Waals surface area contributed by atoms with E-state index in [2.05, 4.69) is 25.8 Å². The molecule has 0 aromatic carbocycles. The van der Waals surface area contributed by atoms with Gasteiger partial charge in [-0.2, -0.15) is 4.98 Å². The van der Waals surface area contributed by atoms with Gasteiger partial charge >= 0.3 is 0 Å². The minimum Gasteiger partial charge on any atom is -0.354 e. The molecule has 2 N–H and O–H groups in total. The van der Waals surface area contributed by atoms with Crippen LogP contribution in [0.1, 0.15) is 24.6 Å². The van der Waals surface area contributed by atoms with E-state index in [9.17, 15) is 0 Å². The molecule has 7 heteroatoms. The van der Waals surface area contributed by atoms with Crippen LogP contribution < -0.4 is 10.6 Å². The maximum atomic E-state index is 4.86. The molecule has 0 radical (unpaired) electrons. The molecule has 2 rings (SSSR count). The summed E-state index contributed by atoms with van der Waals surface area (Å²) in [6, 6.07) is 0.586. The van der Waals surface area contributed by atoms with Gasteiger partial charge in [0.25, 0.3) is 0 Å². The van der Waals surface area contributed by atoms with Gasteiger partial charge in [-0.15, -0.1) is 24.0 Å². The van der Waals surface area contributed by atoms with Crippen LogP contribution in [0.2, 0.25) is 0 Å². The van der Waals surface area contributed by atoms with Gasteiger partial charge in [0.15, 0.2) is 11.8 Å². The molecule has 0 saturated heterocycles. The smallest absolute Gasteiger partial charge is 0.223 e. The van der Waals surface area contributed by atoms with Crippen LogP contribution in [-0.4, -0.2) is 29.2 Å². The fourth-order valence-electron chi connectivity index (χ4n) is 1.19. The largest absolute Gasteiger partial charge is 0.354 e. The Morgan fingerprint density at radius 1 is 1.56 bits per heavy atom. The van der Waals surface area contributed by atoms with E-state index in [0.29, 0.717) is 24.3 Å². The molecule has 1 heterocycles. The number of guanidine groups is 1. The lowest BCUT2D eigenvalue weighted by Gasteiger charge is -2.08. The van der Waals surface area contributed by atoms with Gasteiger partial charge in [-0.25, -0.2) is 0 Å². The minimum atomic E-state index is 0. The monoisotopic (exact) mass is 337 g/mol. The summed E-state index contributed by atoms with van der Waals surface area (Å²) in [6.07, 6.45) is 2.45. The molecule has 1 aliphatic carbocycles. The van der Waals surface area contributed by atoms with Crippen LogP contribution >= 0.6 is 24.0 Å². The summed E-state index contributed by atoms with van der Waals surface area (Å²) in [7, 11) is 1.75. The first-order valence-electron chi connectivity index (χ1n) is 5.04. The fraction of sp³-hybridized carbons (Fsp3) is 0.667. The Morgan fingerprint density at radius 2 is 2.31 bits per heavy atom. The highest BCUT2D eigenvalue weighted by molar-refractivity contribution is 14.0. The SMILES string of the molecule is CN=C(NCc1noc(C)n1)NC1CC1.I. The standard InChI is InChI=1S/C9H15N5O.HI/c1-6-12-8(14-15-6)5-11-9(10-2)13-7-3-4-7;/h7H,3-5H2,1-2H3,(H2,10,11,13);1H. The molecule has 1 saturated carbocycles. The van der Waals surface area contributed by atoms with E-state index in [-0.39, 0.29) is 24.0 Å². The summed E-state index contributed by atoms with van der Waals surface area (Å²) in [6.45, 7) is 2.30. The average Bonchev–Trinajstić information content (AvgIpc) is 2.95. The maximum Gasteiger partial charge on any atom is 0.223 e. The molecule has 1 aliphatic rings. The predicted octanol–water partition coefficient (Wildman–Crippen LogP) is 0.823. The minimum absolute atomic E-state index is 0. The number of hydrogen-bond acceptors (Lipinski definition) is 4. The van der Waals surface area contributed by atoms with Gasteiger partial charge in [0.05, 0.1) is 6.54 Å². The predicted molar refractivity (Wildman–Crippen MR) is 70.8 cm³/mol. The number of halogens is 1. The topological polar surface area (TPSA) is 75.3 Å². The van der Waals surface area contributed by atoms with Crippen molar-refractivity contribution in [1.82, 2.24) is 20.8 Å². The first-order chi connectivity index (χ1) is 7.28. The molecule has 1 fully saturated rings. The summed E-state index contributed by atoms with van der Waals surface area (Å²) >= 11 is 0. The second-order valence-electron chi connectivity index (χ2n) is 3.57. The summed E-state index contributed by atoms with van der Waals surface area (Å²) in [5, 5.41) is 10.2. The van der Waals surface area contributed by atoms with Crippen molar-refractivity contribution >= 4 is 29.9 Å². The highest BCUT2D eigenvalue weighted by Crippen LogP contribution is 2.18. The van der Waals surface area contributed by atoms with E-state index in [1.165, 1.54) is 12.8 Å². The van der Waals surface area contributed by atoms with Crippen LogP contribution in [0.5, 0.6) is 0 Å². The zero-order chi connectivity index (χ0) is 10.7. The Morgan fingerprint density at radius 3 is 2.81 bits per heavy atom. The molecule has 0 aliphatic heterocycles. The molecule has 0 bridgehead atoms. The third-order valence-corrected chi connectivity index (χ3v) is 2.13. The lowest BCUT2D eigenvalue weighted by atomic mass is 10.6. The number of hydrogen-bond donors (Lipinski definition) is 2. The molecule has 0 unspecified atom stereocenters. The van der Waals surface area contributed by atoms with Crippen molar-refractivity contribution in [1.29, 1.82) is 0 Å². The van der Waals surface area contributed by atoms with Crippen molar-refractivity contribution < 1.29 is 4.52 Å². The molecule has 0 spiro atoms. The number of rotatable bonds is 3. The first kappa shape index (κ1) is 13.2. The maximum absolute atomic E-state index is 4.86. The lowest BCUT2D eigenvalue weighted by molar-refractivity contribution is 0.387. The molecule has 1 aromatic heterocycles. The van der Waals surface area contributed by atoms with Gasteiger partial charge < -0.3 is 15.2 Å². The van der Waals surface area contributed by atoms with Crippen LogP contribution in [0.4, 0.5) is 0 Å². The van der Waals surface area contributed by atoms with Crippen LogP contribution in [-0.2, 0) is 6.54 Å². The van der Waals surface area contributed by atoms with E-state index in [1.807, 2.05) is 0 Å². The fourth-order valence-corrected chi connectivity index (χ4v) is 1.19. The second-order valence-corrected chi connectivity index (χ2v) is 3.57. The van der Waals surface area contributed by atoms with Gasteiger partial charge in [-0.3, -0.25) is 4.99 Å². The Hall–Kier alpha value is -0.860. The van der Waals surface area contributed by atoms with Gasteiger partial charge in [-0.05, 0) is 12.8 Å². The van der Waals surface area contributed by atoms with Crippen molar-refractivity contribution in [3.63, 3.8) is 0 Å². The van der Waals surface area contributed by atoms with Crippen LogP contribution in [0, 0.1) is 6.92 Å². The van der Waals surface area contributed by atoms with Crippen LogP contribution in [0.3, 0.4) is 0 Å². The third kappa shape index (κ3) is 3.95.